The van der Waals surface area contributed by atoms with Crippen molar-refractivity contribution in [3.63, 3.8) is 0 Å². The van der Waals surface area contributed by atoms with Crippen molar-refractivity contribution in [3.8, 4) is 0 Å². The van der Waals surface area contributed by atoms with Crippen LogP contribution in [0.25, 0.3) is 0 Å². The van der Waals surface area contributed by atoms with Crippen LogP contribution in [-0.2, 0) is 0 Å². The van der Waals surface area contributed by atoms with Gasteiger partial charge in [-0.25, -0.2) is 9.97 Å². The van der Waals surface area contributed by atoms with Crippen molar-refractivity contribution in [1.82, 2.24) is 9.97 Å². The lowest BCUT2D eigenvalue weighted by Crippen LogP contribution is -2.22. The van der Waals surface area contributed by atoms with Crippen molar-refractivity contribution >= 4 is 33.3 Å². The Bertz CT molecular complexity index is 656. The highest BCUT2D eigenvalue weighted by Gasteiger charge is 2.19. The zero-order valence-electron chi connectivity index (χ0n) is 11.4. The Hall–Kier alpha value is -1.95. The number of halogens is 1. The van der Waals surface area contributed by atoms with Crippen molar-refractivity contribution in [1.29, 1.82) is 0 Å². The van der Waals surface area contributed by atoms with Gasteiger partial charge in [-0.2, -0.15) is 0 Å². The van der Waals surface area contributed by atoms with Gasteiger partial charge in [0, 0.05) is 30.0 Å². The van der Waals surface area contributed by atoms with E-state index >= 15 is 0 Å². The van der Waals surface area contributed by atoms with Gasteiger partial charge < -0.3 is 10.2 Å². The largest absolute Gasteiger partial charge is 0.355 e. The number of amides is 1. The first-order valence-electron chi connectivity index (χ1n) is 6.87. The van der Waals surface area contributed by atoms with Crippen LogP contribution in [0.5, 0.6) is 0 Å². The van der Waals surface area contributed by atoms with Gasteiger partial charge in [0.05, 0.1) is 5.69 Å². The summed E-state index contributed by atoms with van der Waals surface area (Å²) >= 11 is 3.35. The molecule has 0 bridgehead atoms. The molecule has 21 heavy (non-hydrogen) atoms. The summed E-state index contributed by atoms with van der Waals surface area (Å²) in [5.74, 6) is 0.589. The fraction of sp³-hybridized carbons (Fsp3) is 0.267. The molecule has 0 saturated carbocycles. The molecule has 3 rings (SSSR count). The van der Waals surface area contributed by atoms with E-state index in [4.69, 9.17) is 0 Å². The first-order valence-corrected chi connectivity index (χ1v) is 7.67. The van der Waals surface area contributed by atoms with Gasteiger partial charge in [0.25, 0.3) is 5.91 Å². The fourth-order valence-corrected chi connectivity index (χ4v) is 2.84. The van der Waals surface area contributed by atoms with Crippen molar-refractivity contribution in [2.24, 2.45) is 0 Å². The lowest BCUT2D eigenvalue weighted by atomic mass is 10.3. The van der Waals surface area contributed by atoms with Crippen molar-refractivity contribution in [3.05, 3.63) is 46.8 Å². The Morgan fingerprint density at radius 2 is 1.86 bits per heavy atom. The average molecular weight is 347 g/mol. The minimum absolute atomic E-state index is 0.240. The zero-order chi connectivity index (χ0) is 14.7. The van der Waals surface area contributed by atoms with Gasteiger partial charge in [-0.05, 0) is 53.0 Å². The number of hydrogen-bond acceptors (Lipinski definition) is 4. The maximum absolute atomic E-state index is 12.4. The van der Waals surface area contributed by atoms with E-state index < -0.39 is 0 Å². The Morgan fingerprint density at radius 1 is 1.14 bits per heavy atom. The molecule has 2 aromatic heterocycles. The Balaban J connectivity index is 1.85. The van der Waals surface area contributed by atoms with Crippen LogP contribution in [0.4, 0.5) is 11.5 Å². The van der Waals surface area contributed by atoms with Crippen LogP contribution >= 0.6 is 15.9 Å². The lowest BCUT2D eigenvalue weighted by Gasteiger charge is -2.19. The van der Waals surface area contributed by atoms with Crippen LogP contribution < -0.4 is 10.2 Å². The molecule has 1 N–H and O–H groups in total. The molecular formula is C15H15BrN4O. The van der Waals surface area contributed by atoms with E-state index in [0.29, 0.717) is 10.2 Å². The van der Waals surface area contributed by atoms with E-state index in [1.54, 1.807) is 24.5 Å². The van der Waals surface area contributed by atoms with Gasteiger partial charge in [-0.1, -0.05) is 0 Å². The van der Waals surface area contributed by atoms with Crippen LogP contribution in [-0.4, -0.2) is 29.0 Å². The number of anilines is 2. The quantitative estimate of drug-likeness (QED) is 0.927. The van der Waals surface area contributed by atoms with Crippen LogP contribution in [0.1, 0.15) is 23.3 Å². The molecule has 5 nitrogen and oxygen atoms in total. The van der Waals surface area contributed by atoms with E-state index in [2.05, 4.69) is 36.1 Å². The van der Waals surface area contributed by atoms with E-state index in [1.165, 1.54) is 0 Å². The van der Waals surface area contributed by atoms with Gasteiger partial charge in [-0.15, -0.1) is 0 Å². The molecule has 3 heterocycles. The molecule has 108 valence electrons. The summed E-state index contributed by atoms with van der Waals surface area (Å²) in [5, 5.41) is 2.91. The Kier molecular flexibility index (Phi) is 4.15. The van der Waals surface area contributed by atoms with Crippen LogP contribution in [0.2, 0.25) is 0 Å². The minimum Gasteiger partial charge on any atom is -0.355 e. The molecule has 0 spiro atoms. The van der Waals surface area contributed by atoms with Crippen molar-refractivity contribution in [2.75, 3.05) is 23.3 Å². The van der Waals surface area contributed by atoms with Crippen molar-refractivity contribution < 1.29 is 4.79 Å². The van der Waals surface area contributed by atoms with E-state index in [0.717, 1.165) is 37.4 Å². The maximum Gasteiger partial charge on any atom is 0.275 e. The molecule has 2 aromatic rings. The van der Waals surface area contributed by atoms with Crippen molar-refractivity contribution in [2.45, 2.75) is 12.8 Å². The second kappa shape index (κ2) is 6.22. The predicted octanol–water partition coefficient (Wildman–Crippen LogP) is 3.09. The van der Waals surface area contributed by atoms with Gasteiger partial charge in [0.1, 0.15) is 5.69 Å². The molecule has 0 aliphatic carbocycles. The number of carbonyl (C=O) groups is 1. The number of hydrogen-bond donors (Lipinski definition) is 1. The van der Waals surface area contributed by atoms with Gasteiger partial charge >= 0.3 is 0 Å². The number of nitrogens with zero attached hydrogens (tertiary/aromatic N) is 3. The molecule has 0 atom stereocenters. The van der Waals surface area contributed by atoms with Gasteiger partial charge in [0.2, 0.25) is 0 Å². The monoisotopic (exact) mass is 346 g/mol. The summed E-state index contributed by atoms with van der Waals surface area (Å²) in [4.78, 5) is 23.1. The third-order valence-corrected chi connectivity index (χ3v) is 4.05. The average Bonchev–Trinajstić information content (AvgIpc) is 3.02. The smallest absolute Gasteiger partial charge is 0.275 e. The third-order valence-electron chi connectivity index (χ3n) is 3.41. The lowest BCUT2D eigenvalue weighted by molar-refractivity contribution is 0.102. The fourth-order valence-electron chi connectivity index (χ4n) is 2.41. The van der Waals surface area contributed by atoms with Crippen LogP contribution in [0.3, 0.4) is 0 Å². The summed E-state index contributed by atoms with van der Waals surface area (Å²) in [6.45, 7) is 1.96. The topological polar surface area (TPSA) is 58.1 Å². The third kappa shape index (κ3) is 3.05. The molecule has 1 saturated heterocycles. The summed E-state index contributed by atoms with van der Waals surface area (Å²) in [6.07, 6.45) is 5.68. The molecule has 1 aliphatic heterocycles. The molecular weight excluding hydrogens is 332 g/mol. The molecule has 1 amide bonds. The summed E-state index contributed by atoms with van der Waals surface area (Å²) in [6, 6.07) is 7.27. The Labute approximate surface area is 131 Å². The summed E-state index contributed by atoms with van der Waals surface area (Å²) in [7, 11) is 0. The number of pyridine rings is 2. The molecule has 6 heteroatoms. The van der Waals surface area contributed by atoms with Gasteiger partial charge in [-0.3, -0.25) is 4.79 Å². The molecule has 1 aliphatic rings. The standard InChI is InChI=1S/C15H15BrN4O/c16-11-5-3-7-17-13(11)15(21)19-12-6-4-8-18-14(12)20-9-1-2-10-20/h3-8H,1-2,9-10H2,(H,19,21). The number of nitrogens with one attached hydrogen (secondary N) is 1. The van der Waals surface area contributed by atoms with Gasteiger partial charge in [0.15, 0.2) is 5.82 Å². The minimum atomic E-state index is -0.240. The first kappa shape index (κ1) is 14.0. The summed E-state index contributed by atoms with van der Waals surface area (Å²) in [5.41, 5.74) is 1.09. The second-order valence-electron chi connectivity index (χ2n) is 4.86. The normalized spacial score (nSPS) is 14.2. The zero-order valence-corrected chi connectivity index (χ0v) is 13.0. The SMILES string of the molecule is O=C(Nc1cccnc1N1CCCC1)c1ncccc1Br. The highest BCUT2D eigenvalue weighted by Crippen LogP contribution is 2.26. The number of aromatic nitrogens is 2. The highest BCUT2D eigenvalue weighted by atomic mass is 79.9. The van der Waals surface area contributed by atoms with Crippen LogP contribution in [0.15, 0.2) is 41.1 Å². The number of rotatable bonds is 3. The summed E-state index contributed by atoms with van der Waals surface area (Å²) < 4.78 is 0.675. The predicted molar refractivity (Wildman–Crippen MR) is 85.6 cm³/mol. The van der Waals surface area contributed by atoms with E-state index in [9.17, 15) is 4.79 Å². The second-order valence-corrected chi connectivity index (χ2v) is 5.71. The van der Waals surface area contributed by atoms with E-state index in [-0.39, 0.29) is 5.91 Å². The molecule has 0 unspecified atom stereocenters. The molecule has 0 radical (unpaired) electrons. The maximum atomic E-state index is 12.4. The molecule has 1 fully saturated rings. The highest BCUT2D eigenvalue weighted by molar-refractivity contribution is 9.10. The van der Waals surface area contributed by atoms with Crippen LogP contribution in [0, 0.1) is 0 Å². The Morgan fingerprint density at radius 3 is 2.62 bits per heavy atom. The number of carbonyl (C=O) groups excluding carboxylic acids is 1. The molecule has 0 aromatic carbocycles. The van der Waals surface area contributed by atoms with E-state index in [1.807, 2.05) is 12.1 Å². The first-order chi connectivity index (χ1) is 10.3.